The van der Waals surface area contributed by atoms with E-state index < -0.39 is 23.7 Å². The van der Waals surface area contributed by atoms with Crippen LogP contribution in [0.5, 0.6) is 0 Å². The van der Waals surface area contributed by atoms with Gasteiger partial charge in [0.05, 0.1) is 18.8 Å². The Balaban J connectivity index is 1.21. The molecule has 12 heteroatoms. The van der Waals surface area contributed by atoms with Crippen molar-refractivity contribution in [2.75, 3.05) is 49.5 Å². The van der Waals surface area contributed by atoms with Gasteiger partial charge < -0.3 is 15.0 Å². The molecule has 1 atom stereocenters. The van der Waals surface area contributed by atoms with Crippen molar-refractivity contribution in [2.24, 2.45) is 0 Å². The zero-order valence-electron chi connectivity index (χ0n) is 26.5. The quantitative estimate of drug-likeness (QED) is 0.295. The van der Waals surface area contributed by atoms with Crippen LogP contribution in [-0.4, -0.2) is 88.7 Å². The van der Waals surface area contributed by atoms with Gasteiger partial charge in [-0.3, -0.25) is 19.4 Å². The summed E-state index contributed by atoms with van der Waals surface area (Å²) >= 11 is 0. The van der Waals surface area contributed by atoms with Crippen LogP contribution in [0.2, 0.25) is 0 Å². The lowest BCUT2D eigenvalue weighted by Crippen LogP contribution is -2.47. The number of benzene rings is 2. The number of aromatic nitrogens is 2. The number of esters is 1. The Morgan fingerprint density at radius 2 is 1.70 bits per heavy atom. The normalized spacial score (nSPS) is 18.0. The maximum atomic E-state index is 13.7. The van der Waals surface area contributed by atoms with E-state index in [1.165, 1.54) is 11.1 Å². The average Bonchev–Trinajstić information content (AvgIpc) is 3.49. The lowest BCUT2D eigenvalue weighted by molar-refractivity contribution is -0.177. The topological polar surface area (TPSA) is 90.9 Å². The Morgan fingerprint density at radius 3 is 2.35 bits per heavy atom. The van der Waals surface area contributed by atoms with Crippen molar-refractivity contribution in [1.29, 1.82) is 0 Å². The fraction of sp³-hybridized carbons (Fsp3) is 0.471. The number of nitrogens with one attached hydrogen (secondary N) is 1. The minimum atomic E-state index is -4.30. The predicted molar refractivity (Wildman–Crippen MR) is 170 cm³/mol. The standard InChI is InChI=1S/C34H41F3N6O3/c1-33(2,3)46-31(44)13-15-41-16-18-42(19-17-41)30-22-38-28(21-39-30)32(45)40-26-11-12-27(24-8-5-4-6-9-24)25(20-26)23-43-14-7-10-29(43)34(35,36)37/h4-6,8-9,11-12,20-22,29H,7,10,13-19,23H2,1-3H3,(H,40,45)/t29-/m0/s1. The van der Waals surface area contributed by atoms with Crippen molar-refractivity contribution < 1.29 is 27.5 Å². The Bertz CT molecular complexity index is 1490. The SMILES string of the molecule is CC(C)(C)OC(=O)CCN1CCN(c2cnc(C(=O)Nc3ccc(-c4ccccc4)c(CN4CCC[C@H]4C(F)(F)F)c3)cn2)CC1. The molecule has 2 aromatic carbocycles. The van der Waals surface area contributed by atoms with Gasteiger partial charge in [-0.25, -0.2) is 9.97 Å². The number of anilines is 2. The molecule has 2 saturated heterocycles. The van der Waals surface area contributed by atoms with Crippen LogP contribution in [-0.2, 0) is 16.1 Å². The van der Waals surface area contributed by atoms with Crippen LogP contribution >= 0.6 is 0 Å². The van der Waals surface area contributed by atoms with Crippen molar-refractivity contribution in [3.63, 3.8) is 0 Å². The number of likely N-dealkylation sites (tertiary alicyclic amines) is 1. The van der Waals surface area contributed by atoms with Gasteiger partial charge >= 0.3 is 12.1 Å². The second kappa shape index (κ2) is 14.2. The molecule has 9 nitrogen and oxygen atoms in total. The summed E-state index contributed by atoms with van der Waals surface area (Å²) in [5.41, 5.74) is 2.52. The average molecular weight is 639 g/mol. The maximum absolute atomic E-state index is 13.7. The highest BCUT2D eigenvalue weighted by Crippen LogP contribution is 2.36. The Labute approximate surface area is 267 Å². The highest BCUT2D eigenvalue weighted by Gasteiger charge is 2.45. The number of rotatable bonds is 9. The Kier molecular flexibility index (Phi) is 10.3. The van der Waals surface area contributed by atoms with Crippen LogP contribution in [0.4, 0.5) is 24.7 Å². The van der Waals surface area contributed by atoms with Gasteiger partial charge in [0, 0.05) is 45.0 Å². The molecule has 3 heterocycles. The summed E-state index contributed by atoms with van der Waals surface area (Å²) in [6.45, 7) is 9.59. The van der Waals surface area contributed by atoms with Gasteiger partial charge in [-0.2, -0.15) is 13.2 Å². The zero-order chi connectivity index (χ0) is 32.9. The molecule has 0 aliphatic carbocycles. The highest BCUT2D eigenvalue weighted by atomic mass is 19.4. The molecule has 2 fully saturated rings. The van der Waals surface area contributed by atoms with E-state index in [0.29, 0.717) is 56.1 Å². The van der Waals surface area contributed by atoms with Gasteiger partial charge in [-0.05, 0) is 69.0 Å². The number of carbonyl (C=O) groups excluding carboxylic acids is 2. The molecule has 0 bridgehead atoms. The maximum Gasteiger partial charge on any atom is 0.404 e. The molecular weight excluding hydrogens is 597 g/mol. The monoisotopic (exact) mass is 638 g/mol. The summed E-state index contributed by atoms with van der Waals surface area (Å²) in [6, 6.07) is 13.3. The number of hydrogen-bond acceptors (Lipinski definition) is 8. The van der Waals surface area contributed by atoms with Gasteiger partial charge in [0.25, 0.3) is 5.91 Å². The summed E-state index contributed by atoms with van der Waals surface area (Å²) in [5.74, 6) is -0.0128. The number of hydrogen-bond donors (Lipinski definition) is 1. The lowest BCUT2D eigenvalue weighted by Gasteiger charge is -2.35. The molecule has 2 aliphatic rings. The van der Waals surface area contributed by atoms with Gasteiger partial charge in [-0.15, -0.1) is 0 Å². The first-order valence-corrected chi connectivity index (χ1v) is 15.7. The third-order valence-electron chi connectivity index (χ3n) is 8.18. The van der Waals surface area contributed by atoms with E-state index in [0.717, 1.165) is 24.2 Å². The fourth-order valence-corrected chi connectivity index (χ4v) is 5.95. The van der Waals surface area contributed by atoms with Crippen molar-refractivity contribution in [3.05, 3.63) is 72.2 Å². The van der Waals surface area contributed by atoms with Crippen molar-refractivity contribution in [2.45, 2.75) is 64.4 Å². The first-order chi connectivity index (χ1) is 21.9. The first kappa shape index (κ1) is 33.3. The second-order valence-corrected chi connectivity index (χ2v) is 12.8. The van der Waals surface area contributed by atoms with E-state index >= 15 is 0 Å². The smallest absolute Gasteiger partial charge is 0.404 e. The number of nitrogens with zero attached hydrogens (tertiary/aromatic N) is 5. The van der Waals surface area contributed by atoms with E-state index in [1.54, 1.807) is 18.3 Å². The summed E-state index contributed by atoms with van der Waals surface area (Å²) < 4.78 is 46.5. The zero-order valence-corrected chi connectivity index (χ0v) is 26.5. The number of piperazine rings is 1. The molecule has 0 saturated carbocycles. The third-order valence-corrected chi connectivity index (χ3v) is 8.18. The van der Waals surface area contributed by atoms with Gasteiger partial charge in [0.2, 0.25) is 0 Å². The van der Waals surface area contributed by atoms with Crippen molar-refractivity contribution in [3.8, 4) is 11.1 Å². The summed E-state index contributed by atoms with van der Waals surface area (Å²) in [7, 11) is 0. The van der Waals surface area contributed by atoms with Crippen LogP contribution < -0.4 is 10.2 Å². The number of carbonyl (C=O) groups is 2. The summed E-state index contributed by atoms with van der Waals surface area (Å²) in [5, 5.41) is 2.85. The molecule has 3 aromatic rings. The molecule has 1 aromatic heterocycles. The fourth-order valence-electron chi connectivity index (χ4n) is 5.95. The largest absolute Gasteiger partial charge is 0.460 e. The number of halogens is 3. The van der Waals surface area contributed by atoms with Crippen LogP contribution in [0.25, 0.3) is 11.1 Å². The Morgan fingerprint density at radius 1 is 0.957 bits per heavy atom. The molecule has 1 amide bonds. The number of alkyl halides is 3. The van der Waals surface area contributed by atoms with Crippen LogP contribution in [0.15, 0.2) is 60.9 Å². The first-order valence-electron chi connectivity index (χ1n) is 15.7. The van der Waals surface area contributed by atoms with Gasteiger partial charge in [0.1, 0.15) is 23.2 Å². The molecule has 0 spiro atoms. The molecule has 5 rings (SSSR count). The number of amides is 1. The van der Waals surface area contributed by atoms with E-state index in [-0.39, 0.29) is 24.6 Å². The van der Waals surface area contributed by atoms with E-state index in [2.05, 4.69) is 25.1 Å². The van der Waals surface area contributed by atoms with Crippen LogP contribution in [0.1, 0.15) is 56.1 Å². The summed E-state index contributed by atoms with van der Waals surface area (Å²) in [4.78, 5) is 39.7. The predicted octanol–water partition coefficient (Wildman–Crippen LogP) is 5.78. The lowest BCUT2D eigenvalue weighted by atomic mass is 9.98. The minimum absolute atomic E-state index is 0.0824. The van der Waals surface area contributed by atoms with Crippen LogP contribution in [0, 0.1) is 0 Å². The molecule has 0 radical (unpaired) electrons. The number of ether oxygens (including phenoxy) is 1. The summed E-state index contributed by atoms with van der Waals surface area (Å²) in [6.07, 6.45) is -0.394. The van der Waals surface area contributed by atoms with E-state index in [9.17, 15) is 22.8 Å². The molecule has 1 N–H and O–H groups in total. The van der Waals surface area contributed by atoms with E-state index in [1.807, 2.05) is 57.2 Å². The van der Waals surface area contributed by atoms with E-state index in [4.69, 9.17) is 4.74 Å². The van der Waals surface area contributed by atoms with Crippen molar-refractivity contribution >= 4 is 23.4 Å². The highest BCUT2D eigenvalue weighted by molar-refractivity contribution is 6.02. The third kappa shape index (κ3) is 8.82. The second-order valence-electron chi connectivity index (χ2n) is 12.8. The van der Waals surface area contributed by atoms with Crippen LogP contribution in [0.3, 0.4) is 0 Å². The van der Waals surface area contributed by atoms with Crippen molar-refractivity contribution in [1.82, 2.24) is 19.8 Å². The molecule has 46 heavy (non-hydrogen) atoms. The Hall–Kier alpha value is -4.03. The molecular formula is C34H41F3N6O3. The molecule has 2 aliphatic heterocycles. The molecule has 0 unspecified atom stereocenters. The van der Waals surface area contributed by atoms with Gasteiger partial charge in [0.15, 0.2) is 0 Å². The molecule has 246 valence electrons. The minimum Gasteiger partial charge on any atom is -0.460 e. The van der Waals surface area contributed by atoms with Gasteiger partial charge in [-0.1, -0.05) is 36.4 Å².